The maximum atomic E-state index is 12.1. The van der Waals surface area contributed by atoms with Crippen molar-refractivity contribution in [1.29, 1.82) is 0 Å². The standard InChI is InChI=1S/C22H15Cl2NO4S/c1-27-19-11-13(10-17-22(26)29-21(25-17)20-3-2-8-30-20)5-7-18(19)28-12-14-4-6-15(23)16(24)9-14/h2-11H,12H2,1H3/b17-10+. The van der Waals surface area contributed by atoms with Crippen molar-refractivity contribution in [2.45, 2.75) is 6.61 Å². The average molecular weight is 460 g/mol. The number of halogens is 2. The van der Waals surface area contributed by atoms with Crippen LogP contribution in [0.5, 0.6) is 11.5 Å². The van der Waals surface area contributed by atoms with Crippen molar-refractivity contribution in [2.24, 2.45) is 4.99 Å². The number of hydrogen-bond acceptors (Lipinski definition) is 6. The van der Waals surface area contributed by atoms with Crippen LogP contribution in [0.15, 0.2) is 64.6 Å². The number of esters is 1. The van der Waals surface area contributed by atoms with Crippen molar-refractivity contribution in [1.82, 2.24) is 0 Å². The number of thiophene rings is 1. The van der Waals surface area contributed by atoms with Gasteiger partial charge in [-0.15, -0.1) is 11.3 Å². The molecule has 2 aromatic carbocycles. The second-order valence-corrected chi connectivity index (χ2v) is 8.02. The van der Waals surface area contributed by atoms with E-state index < -0.39 is 5.97 Å². The first kappa shape index (κ1) is 20.5. The van der Waals surface area contributed by atoms with Crippen LogP contribution in [-0.4, -0.2) is 19.0 Å². The quantitative estimate of drug-likeness (QED) is 0.335. The zero-order chi connectivity index (χ0) is 21.1. The van der Waals surface area contributed by atoms with Crippen LogP contribution in [0.4, 0.5) is 0 Å². The van der Waals surface area contributed by atoms with Gasteiger partial charge in [0, 0.05) is 0 Å². The predicted octanol–water partition coefficient (Wildman–Crippen LogP) is 5.99. The van der Waals surface area contributed by atoms with E-state index in [1.807, 2.05) is 29.6 Å². The molecule has 1 aliphatic heterocycles. The molecule has 3 aromatic rings. The molecule has 0 amide bonds. The van der Waals surface area contributed by atoms with Crippen LogP contribution in [0.1, 0.15) is 16.0 Å². The number of carbonyl (C=O) groups is 1. The SMILES string of the molecule is COc1cc(/C=C2/N=C(c3cccs3)OC2=O)ccc1OCc1ccc(Cl)c(Cl)c1. The van der Waals surface area contributed by atoms with Crippen molar-refractivity contribution in [3.8, 4) is 11.5 Å². The fraction of sp³-hybridized carbons (Fsp3) is 0.0909. The van der Waals surface area contributed by atoms with Crippen LogP contribution in [0.3, 0.4) is 0 Å². The number of aliphatic imine (C=N–C) groups is 1. The lowest BCUT2D eigenvalue weighted by molar-refractivity contribution is -0.129. The van der Waals surface area contributed by atoms with Gasteiger partial charge in [-0.05, 0) is 52.9 Å². The van der Waals surface area contributed by atoms with E-state index in [2.05, 4.69) is 4.99 Å². The first-order chi connectivity index (χ1) is 14.5. The maximum absolute atomic E-state index is 12.1. The highest BCUT2D eigenvalue weighted by molar-refractivity contribution is 7.12. The molecule has 8 heteroatoms. The molecule has 30 heavy (non-hydrogen) atoms. The molecule has 4 rings (SSSR count). The molecule has 0 unspecified atom stereocenters. The molecule has 0 saturated heterocycles. The van der Waals surface area contributed by atoms with E-state index in [0.717, 1.165) is 16.0 Å². The predicted molar refractivity (Wildman–Crippen MR) is 119 cm³/mol. The molecule has 1 aromatic heterocycles. The molecule has 0 radical (unpaired) electrons. The van der Waals surface area contributed by atoms with Gasteiger partial charge in [0.2, 0.25) is 5.90 Å². The minimum Gasteiger partial charge on any atom is -0.493 e. The summed E-state index contributed by atoms with van der Waals surface area (Å²) in [6, 6.07) is 14.4. The van der Waals surface area contributed by atoms with Gasteiger partial charge in [-0.25, -0.2) is 9.79 Å². The smallest absolute Gasteiger partial charge is 0.363 e. The number of rotatable bonds is 6. The van der Waals surface area contributed by atoms with Crippen LogP contribution in [0, 0.1) is 0 Å². The van der Waals surface area contributed by atoms with E-state index in [9.17, 15) is 4.79 Å². The van der Waals surface area contributed by atoms with E-state index in [1.54, 1.807) is 37.5 Å². The summed E-state index contributed by atoms with van der Waals surface area (Å²) in [5, 5.41) is 2.86. The first-order valence-electron chi connectivity index (χ1n) is 8.84. The number of ether oxygens (including phenoxy) is 3. The normalized spacial score (nSPS) is 14.6. The Kier molecular flexibility index (Phi) is 6.08. The summed E-state index contributed by atoms with van der Waals surface area (Å²) < 4.78 is 16.5. The van der Waals surface area contributed by atoms with E-state index in [4.69, 9.17) is 37.4 Å². The van der Waals surface area contributed by atoms with Gasteiger partial charge in [0.05, 0.1) is 22.0 Å². The third kappa shape index (κ3) is 4.51. The highest BCUT2D eigenvalue weighted by Crippen LogP contribution is 2.31. The van der Waals surface area contributed by atoms with E-state index in [0.29, 0.717) is 34.0 Å². The Morgan fingerprint density at radius 1 is 1.10 bits per heavy atom. The minimum absolute atomic E-state index is 0.227. The van der Waals surface area contributed by atoms with Crippen LogP contribution < -0.4 is 9.47 Å². The highest BCUT2D eigenvalue weighted by Gasteiger charge is 2.24. The van der Waals surface area contributed by atoms with Gasteiger partial charge in [0.25, 0.3) is 0 Å². The number of hydrogen-bond donors (Lipinski definition) is 0. The van der Waals surface area contributed by atoms with Gasteiger partial charge in [-0.1, -0.05) is 41.4 Å². The third-order valence-electron chi connectivity index (χ3n) is 4.22. The summed E-state index contributed by atoms with van der Waals surface area (Å²) in [5.41, 5.74) is 1.84. The minimum atomic E-state index is -0.489. The molecular formula is C22H15Cl2NO4S. The maximum Gasteiger partial charge on any atom is 0.363 e. The van der Waals surface area contributed by atoms with Crippen LogP contribution in [-0.2, 0) is 16.1 Å². The Balaban J connectivity index is 1.52. The molecule has 5 nitrogen and oxygen atoms in total. The third-order valence-corrected chi connectivity index (χ3v) is 5.82. The van der Waals surface area contributed by atoms with Gasteiger partial charge in [-0.2, -0.15) is 0 Å². The van der Waals surface area contributed by atoms with E-state index in [1.165, 1.54) is 11.3 Å². The van der Waals surface area contributed by atoms with Gasteiger partial charge < -0.3 is 14.2 Å². The van der Waals surface area contributed by atoms with Crippen LogP contribution in [0.2, 0.25) is 10.0 Å². The second-order valence-electron chi connectivity index (χ2n) is 6.26. The Bertz CT molecular complexity index is 1160. The number of nitrogens with zero attached hydrogens (tertiary/aromatic N) is 1. The molecule has 0 atom stereocenters. The molecule has 0 spiro atoms. The van der Waals surface area contributed by atoms with E-state index >= 15 is 0 Å². The summed E-state index contributed by atoms with van der Waals surface area (Å²) in [6.45, 7) is 0.300. The molecule has 1 aliphatic rings. The van der Waals surface area contributed by atoms with Gasteiger partial charge in [0.1, 0.15) is 6.61 Å². The Morgan fingerprint density at radius 3 is 2.70 bits per heavy atom. The lowest BCUT2D eigenvalue weighted by Crippen LogP contribution is -2.03. The van der Waals surface area contributed by atoms with Crippen LogP contribution in [0.25, 0.3) is 6.08 Å². The van der Waals surface area contributed by atoms with E-state index in [-0.39, 0.29) is 5.70 Å². The van der Waals surface area contributed by atoms with Crippen molar-refractivity contribution in [3.63, 3.8) is 0 Å². The van der Waals surface area contributed by atoms with Gasteiger partial charge in [-0.3, -0.25) is 0 Å². The zero-order valence-electron chi connectivity index (χ0n) is 15.7. The summed E-state index contributed by atoms with van der Waals surface area (Å²) >= 11 is 13.4. The van der Waals surface area contributed by atoms with Crippen molar-refractivity contribution in [3.05, 3.63) is 85.7 Å². The topological polar surface area (TPSA) is 57.1 Å². The molecule has 2 heterocycles. The molecular weight excluding hydrogens is 445 g/mol. The highest BCUT2D eigenvalue weighted by atomic mass is 35.5. The second kappa shape index (κ2) is 8.92. The number of carbonyl (C=O) groups excluding carboxylic acids is 1. The van der Waals surface area contributed by atoms with Gasteiger partial charge in [0.15, 0.2) is 17.2 Å². The zero-order valence-corrected chi connectivity index (χ0v) is 18.1. The summed E-state index contributed by atoms with van der Waals surface area (Å²) in [4.78, 5) is 17.2. The lowest BCUT2D eigenvalue weighted by atomic mass is 10.1. The largest absolute Gasteiger partial charge is 0.493 e. The fourth-order valence-electron chi connectivity index (χ4n) is 2.76. The molecule has 0 N–H and O–H groups in total. The van der Waals surface area contributed by atoms with Crippen molar-refractivity contribution < 1.29 is 19.0 Å². The van der Waals surface area contributed by atoms with Gasteiger partial charge >= 0.3 is 5.97 Å². The Morgan fingerprint density at radius 2 is 1.97 bits per heavy atom. The Hall–Kier alpha value is -2.80. The number of cyclic esters (lactones) is 1. The lowest BCUT2D eigenvalue weighted by Gasteiger charge is -2.12. The molecule has 0 bridgehead atoms. The summed E-state index contributed by atoms with van der Waals surface area (Å²) in [5.74, 6) is 0.910. The molecule has 0 saturated carbocycles. The number of benzene rings is 2. The number of methoxy groups -OCH3 is 1. The van der Waals surface area contributed by atoms with Crippen molar-refractivity contribution >= 4 is 52.5 Å². The first-order valence-corrected chi connectivity index (χ1v) is 10.5. The monoisotopic (exact) mass is 459 g/mol. The fourth-order valence-corrected chi connectivity index (χ4v) is 3.73. The molecule has 0 fully saturated rings. The molecule has 152 valence electrons. The summed E-state index contributed by atoms with van der Waals surface area (Å²) in [6.07, 6.45) is 1.65. The summed E-state index contributed by atoms with van der Waals surface area (Å²) in [7, 11) is 1.55. The van der Waals surface area contributed by atoms with Crippen LogP contribution >= 0.6 is 34.5 Å². The Labute approximate surface area is 187 Å². The average Bonchev–Trinajstić information content (AvgIpc) is 3.40. The van der Waals surface area contributed by atoms with Crippen molar-refractivity contribution in [2.75, 3.05) is 7.11 Å². The molecule has 0 aliphatic carbocycles.